The van der Waals surface area contributed by atoms with Crippen molar-refractivity contribution in [3.05, 3.63) is 11.8 Å². The second kappa shape index (κ2) is 8.72. The Morgan fingerprint density at radius 3 is 2.50 bits per heavy atom. The molecule has 140 valence electrons. The van der Waals surface area contributed by atoms with Crippen molar-refractivity contribution in [1.29, 1.82) is 0 Å². The van der Waals surface area contributed by atoms with Gasteiger partial charge in [0.2, 0.25) is 0 Å². The summed E-state index contributed by atoms with van der Waals surface area (Å²) in [5, 5.41) is 48.2. The van der Waals surface area contributed by atoms with E-state index >= 15 is 0 Å². The zero-order valence-electron chi connectivity index (χ0n) is 13.7. The van der Waals surface area contributed by atoms with Crippen LogP contribution in [0.5, 0.6) is 0 Å². The van der Waals surface area contributed by atoms with Gasteiger partial charge in [-0.15, -0.1) is 0 Å². The molecule has 0 amide bonds. The van der Waals surface area contributed by atoms with E-state index in [2.05, 4.69) is 0 Å². The van der Waals surface area contributed by atoms with Crippen molar-refractivity contribution in [2.45, 2.75) is 57.5 Å². The van der Waals surface area contributed by atoms with E-state index in [1.807, 2.05) is 0 Å². The number of aliphatic hydroxyl groups is 5. The summed E-state index contributed by atoms with van der Waals surface area (Å²) in [5.74, 6) is -3.57. The fraction of sp³-hybridized carbons (Fsp3) is 0.786. The maximum absolute atomic E-state index is 11.8. The lowest BCUT2D eigenvalue weighted by molar-refractivity contribution is -0.435. The van der Waals surface area contributed by atoms with Crippen molar-refractivity contribution in [3.63, 3.8) is 0 Å². The molecular formula is C14H24O10. The molecule has 10 nitrogen and oxygen atoms in total. The molecule has 0 radical (unpaired) electrons. The Kier molecular flexibility index (Phi) is 7.55. The summed E-state index contributed by atoms with van der Waals surface area (Å²) in [6.45, 7) is 4.16. The highest BCUT2D eigenvalue weighted by Crippen LogP contribution is 2.29. The molecule has 2 unspecified atom stereocenters. The fourth-order valence-electron chi connectivity index (χ4n) is 1.95. The molecule has 6 atom stereocenters. The largest absolute Gasteiger partial charge is 0.445 e. The van der Waals surface area contributed by atoms with Gasteiger partial charge in [0, 0.05) is 6.61 Å². The summed E-state index contributed by atoms with van der Waals surface area (Å²) in [5.41, 5.74) is -0.0908. The first-order chi connectivity index (χ1) is 11.2. The number of ether oxygens (including phenoxy) is 4. The molecule has 0 aromatic heterocycles. The van der Waals surface area contributed by atoms with E-state index in [4.69, 9.17) is 24.1 Å². The Balaban J connectivity index is 2.76. The molecule has 0 saturated carbocycles. The minimum Gasteiger partial charge on any atom is -0.445 e. The van der Waals surface area contributed by atoms with Crippen LogP contribution in [0.15, 0.2) is 11.8 Å². The molecule has 1 saturated heterocycles. The lowest BCUT2D eigenvalue weighted by atomic mass is 9.98. The Labute approximate surface area is 138 Å². The lowest BCUT2D eigenvalue weighted by Gasteiger charge is -2.43. The van der Waals surface area contributed by atoms with Gasteiger partial charge in [0.1, 0.15) is 18.3 Å². The summed E-state index contributed by atoms with van der Waals surface area (Å²) < 4.78 is 19.7. The van der Waals surface area contributed by atoms with E-state index in [0.29, 0.717) is 6.61 Å². The van der Waals surface area contributed by atoms with Crippen LogP contribution in [-0.2, 0) is 23.7 Å². The number of rotatable bonds is 7. The van der Waals surface area contributed by atoms with Gasteiger partial charge in [-0.2, -0.15) is 0 Å². The molecule has 0 aliphatic carbocycles. The summed E-state index contributed by atoms with van der Waals surface area (Å²) in [6.07, 6.45) is -6.93. The minimum atomic E-state index is -2.76. The number of carbonyl (C=O) groups is 1. The van der Waals surface area contributed by atoms with Crippen molar-refractivity contribution in [1.82, 2.24) is 0 Å². The molecule has 0 spiro atoms. The van der Waals surface area contributed by atoms with Crippen LogP contribution >= 0.6 is 0 Å². The Hall–Kier alpha value is -1.27. The zero-order valence-corrected chi connectivity index (χ0v) is 13.7. The first-order valence-corrected chi connectivity index (χ1v) is 7.38. The van der Waals surface area contributed by atoms with Crippen LogP contribution in [0.3, 0.4) is 0 Å². The molecule has 1 rings (SSSR count). The van der Waals surface area contributed by atoms with Gasteiger partial charge in [-0.05, 0) is 20.8 Å². The second-order valence-corrected chi connectivity index (χ2v) is 5.24. The predicted molar refractivity (Wildman–Crippen MR) is 77.0 cm³/mol. The van der Waals surface area contributed by atoms with Crippen LogP contribution in [-0.4, -0.2) is 81.4 Å². The van der Waals surface area contributed by atoms with Gasteiger partial charge < -0.3 is 44.5 Å². The van der Waals surface area contributed by atoms with E-state index in [9.17, 15) is 25.2 Å². The van der Waals surface area contributed by atoms with Crippen LogP contribution in [0, 0.1) is 0 Å². The predicted octanol–water partition coefficient (Wildman–Crippen LogP) is -2.05. The molecule has 1 aliphatic heterocycles. The van der Waals surface area contributed by atoms with Crippen LogP contribution in [0.1, 0.15) is 20.8 Å². The van der Waals surface area contributed by atoms with Crippen molar-refractivity contribution < 1.29 is 49.3 Å². The molecule has 0 bridgehead atoms. The summed E-state index contributed by atoms with van der Waals surface area (Å²) in [4.78, 5) is 11.8. The van der Waals surface area contributed by atoms with E-state index in [1.165, 1.54) is 13.8 Å². The molecule has 1 heterocycles. The van der Waals surface area contributed by atoms with Crippen molar-refractivity contribution in [2.24, 2.45) is 0 Å². The van der Waals surface area contributed by atoms with E-state index in [0.717, 1.165) is 6.26 Å². The SMILES string of the molecule is CCOC(C)OC(=O)/C(C)=C/OC1(O)O[C@H](CO)[C@@H](O)[C@H](O)[C@H]1O. The fourth-order valence-corrected chi connectivity index (χ4v) is 1.95. The van der Waals surface area contributed by atoms with E-state index in [-0.39, 0.29) is 5.57 Å². The quantitative estimate of drug-likeness (QED) is 0.150. The summed E-state index contributed by atoms with van der Waals surface area (Å²) >= 11 is 0. The molecule has 1 fully saturated rings. The highest BCUT2D eigenvalue weighted by atomic mass is 16.8. The number of hydrogen-bond acceptors (Lipinski definition) is 10. The number of hydrogen-bond donors (Lipinski definition) is 5. The van der Waals surface area contributed by atoms with Crippen LogP contribution in [0.4, 0.5) is 0 Å². The maximum atomic E-state index is 11.8. The maximum Gasteiger partial charge on any atom is 0.354 e. The van der Waals surface area contributed by atoms with Crippen molar-refractivity contribution >= 4 is 5.97 Å². The third-order valence-electron chi connectivity index (χ3n) is 3.33. The van der Waals surface area contributed by atoms with Gasteiger partial charge >= 0.3 is 11.9 Å². The number of aliphatic hydroxyl groups excluding tert-OH is 4. The smallest absolute Gasteiger partial charge is 0.354 e. The van der Waals surface area contributed by atoms with Crippen molar-refractivity contribution in [2.75, 3.05) is 13.2 Å². The molecule has 0 aromatic carbocycles. The average Bonchev–Trinajstić information content (AvgIpc) is 2.54. The zero-order chi connectivity index (χ0) is 18.5. The third kappa shape index (κ3) is 4.86. The molecule has 5 N–H and O–H groups in total. The van der Waals surface area contributed by atoms with Crippen LogP contribution in [0.25, 0.3) is 0 Å². The first kappa shape index (κ1) is 20.8. The molecule has 1 aliphatic rings. The Morgan fingerprint density at radius 1 is 1.33 bits per heavy atom. The topological polar surface area (TPSA) is 155 Å². The summed E-state index contributed by atoms with van der Waals surface area (Å²) in [6, 6.07) is 0. The van der Waals surface area contributed by atoms with E-state index < -0.39 is 49.3 Å². The van der Waals surface area contributed by atoms with Gasteiger partial charge in [0.05, 0.1) is 18.4 Å². The molecule has 10 heteroatoms. The normalized spacial score (nSPS) is 35.4. The second-order valence-electron chi connectivity index (χ2n) is 5.24. The minimum absolute atomic E-state index is 0.0908. The standard InChI is InChI=1S/C14H24O10/c1-4-21-8(3)23-13(19)7(2)6-22-14(20)12(18)11(17)10(16)9(5-15)24-14/h6,8-12,15-18,20H,4-5H2,1-3H3/b7-6+/t8?,9-,10-,11+,12-,14?/m1/s1. The third-order valence-corrected chi connectivity index (χ3v) is 3.33. The first-order valence-electron chi connectivity index (χ1n) is 7.38. The Bertz CT molecular complexity index is 451. The van der Waals surface area contributed by atoms with E-state index in [1.54, 1.807) is 6.92 Å². The van der Waals surface area contributed by atoms with Crippen LogP contribution in [0.2, 0.25) is 0 Å². The van der Waals surface area contributed by atoms with Gasteiger partial charge in [0.15, 0.2) is 12.4 Å². The van der Waals surface area contributed by atoms with Gasteiger partial charge in [-0.1, -0.05) is 0 Å². The lowest BCUT2D eigenvalue weighted by Crippen LogP contribution is -2.65. The molecule has 0 aromatic rings. The van der Waals surface area contributed by atoms with Gasteiger partial charge in [-0.25, -0.2) is 4.79 Å². The summed E-state index contributed by atoms with van der Waals surface area (Å²) in [7, 11) is 0. The Morgan fingerprint density at radius 2 is 1.96 bits per heavy atom. The van der Waals surface area contributed by atoms with Gasteiger partial charge in [0.25, 0.3) is 0 Å². The van der Waals surface area contributed by atoms with Crippen molar-refractivity contribution in [3.8, 4) is 0 Å². The molecule has 24 heavy (non-hydrogen) atoms. The molecular weight excluding hydrogens is 328 g/mol. The highest BCUT2D eigenvalue weighted by Gasteiger charge is 2.54. The highest BCUT2D eigenvalue weighted by molar-refractivity contribution is 5.87. The van der Waals surface area contributed by atoms with Gasteiger partial charge in [-0.3, -0.25) is 0 Å². The number of carbonyl (C=O) groups excluding carboxylic acids is 1. The average molecular weight is 352 g/mol. The number of esters is 1. The van der Waals surface area contributed by atoms with Crippen LogP contribution < -0.4 is 0 Å². The monoisotopic (exact) mass is 352 g/mol.